The second-order valence-electron chi connectivity index (χ2n) is 6.54. The molecule has 1 heterocycles. The van der Waals surface area contributed by atoms with Crippen LogP contribution in [0.4, 0.5) is 0 Å². The van der Waals surface area contributed by atoms with Crippen molar-refractivity contribution in [2.24, 2.45) is 0 Å². The molecule has 1 aliphatic heterocycles. The molecule has 118 valence electrons. The molecule has 0 aromatic heterocycles. The monoisotopic (exact) mass is 344 g/mol. The van der Waals surface area contributed by atoms with Gasteiger partial charge >= 0.3 is 8.56 Å². The smallest absolute Gasteiger partial charge is 0.332 e. The number of rotatable bonds is 7. The Balaban J connectivity index is 1.92. The van der Waals surface area contributed by atoms with E-state index in [1.54, 1.807) is 0 Å². The number of halogens is 1. The molecule has 1 saturated heterocycles. The maximum atomic E-state index is 10.3. The van der Waals surface area contributed by atoms with Crippen LogP contribution in [0.1, 0.15) is 24.5 Å². The van der Waals surface area contributed by atoms with Gasteiger partial charge in [0.15, 0.2) is 0 Å². The van der Waals surface area contributed by atoms with Gasteiger partial charge in [0.2, 0.25) is 8.32 Å². The molecule has 3 nitrogen and oxygen atoms in total. The van der Waals surface area contributed by atoms with Gasteiger partial charge in [-0.15, -0.1) is 11.6 Å². The summed E-state index contributed by atoms with van der Waals surface area (Å²) in [7, 11) is -4.40. The van der Waals surface area contributed by atoms with Gasteiger partial charge in [0, 0.05) is 5.88 Å². The molecule has 1 fully saturated rings. The third-order valence-electron chi connectivity index (χ3n) is 4.26. The van der Waals surface area contributed by atoms with Crippen molar-refractivity contribution in [2.45, 2.75) is 56.7 Å². The number of benzene rings is 1. The lowest BCUT2D eigenvalue weighted by Gasteiger charge is -2.30. The minimum atomic E-state index is -2.24. The van der Waals surface area contributed by atoms with E-state index in [0.29, 0.717) is 12.5 Å². The second kappa shape index (κ2) is 6.14. The molecule has 0 radical (unpaired) electrons. The Morgan fingerprint density at radius 1 is 1.29 bits per heavy atom. The molecular formula is C15H25ClO3Si2. The van der Waals surface area contributed by atoms with E-state index in [4.69, 9.17) is 20.5 Å². The average molecular weight is 345 g/mol. The Morgan fingerprint density at radius 3 is 2.24 bits per heavy atom. The highest BCUT2D eigenvalue weighted by atomic mass is 35.5. The van der Waals surface area contributed by atoms with Crippen LogP contribution in [0.2, 0.25) is 25.7 Å². The van der Waals surface area contributed by atoms with Crippen molar-refractivity contribution in [3.8, 4) is 0 Å². The van der Waals surface area contributed by atoms with Crippen molar-refractivity contribution < 1.29 is 13.6 Å². The van der Waals surface area contributed by atoms with Crippen molar-refractivity contribution in [1.29, 1.82) is 0 Å². The molecule has 0 saturated carbocycles. The fraction of sp³-hybridized carbons (Fsp3) is 0.600. The molecule has 2 rings (SSSR count). The van der Waals surface area contributed by atoms with Crippen LogP contribution < -0.4 is 0 Å². The van der Waals surface area contributed by atoms with E-state index >= 15 is 0 Å². The Hall–Kier alpha value is -0.176. The van der Waals surface area contributed by atoms with Crippen LogP contribution in [0, 0.1) is 0 Å². The average Bonchev–Trinajstić information content (AvgIpc) is 2.98. The minimum absolute atomic E-state index is 0.273. The topological polar surface area (TPSA) is 38.7 Å². The molecule has 1 unspecified atom stereocenters. The van der Waals surface area contributed by atoms with Crippen LogP contribution in [-0.4, -0.2) is 26.9 Å². The van der Waals surface area contributed by atoms with Gasteiger partial charge in [-0.1, -0.05) is 31.2 Å². The first-order chi connectivity index (χ1) is 9.74. The van der Waals surface area contributed by atoms with Gasteiger partial charge in [-0.25, -0.2) is 0 Å². The molecule has 0 amide bonds. The van der Waals surface area contributed by atoms with Crippen LogP contribution >= 0.6 is 11.6 Å². The van der Waals surface area contributed by atoms with Crippen LogP contribution in [0.3, 0.4) is 0 Å². The zero-order chi connectivity index (χ0) is 15.7. The van der Waals surface area contributed by atoms with Gasteiger partial charge < -0.3 is 13.6 Å². The summed E-state index contributed by atoms with van der Waals surface area (Å²) in [6.07, 6.45) is 0.871. The highest BCUT2D eigenvalue weighted by Crippen LogP contribution is 2.51. The minimum Gasteiger partial charge on any atom is -0.429 e. The van der Waals surface area contributed by atoms with Crippen molar-refractivity contribution in [3.63, 3.8) is 0 Å². The predicted octanol–water partition coefficient (Wildman–Crippen LogP) is 3.93. The zero-order valence-corrected chi connectivity index (χ0v) is 16.0. The molecule has 21 heavy (non-hydrogen) atoms. The van der Waals surface area contributed by atoms with Gasteiger partial charge in [0.05, 0.1) is 11.8 Å². The maximum absolute atomic E-state index is 10.3. The molecule has 1 aromatic carbocycles. The van der Waals surface area contributed by atoms with Crippen molar-refractivity contribution >= 4 is 28.5 Å². The first-order valence-corrected chi connectivity index (χ1v) is 13.4. The second-order valence-corrected chi connectivity index (χ2v) is 13.9. The zero-order valence-electron chi connectivity index (χ0n) is 13.3. The quantitative estimate of drug-likeness (QED) is 0.601. The molecule has 2 atom stereocenters. The summed E-state index contributed by atoms with van der Waals surface area (Å²) in [6, 6.07) is 8.96. The molecular weight excluding hydrogens is 320 g/mol. The van der Waals surface area contributed by atoms with Crippen molar-refractivity contribution in [2.75, 3.05) is 0 Å². The normalized spacial score (nSPS) is 28.7. The molecule has 1 aliphatic rings. The fourth-order valence-corrected chi connectivity index (χ4v) is 9.26. The number of hydrogen-bond acceptors (Lipinski definition) is 3. The predicted molar refractivity (Wildman–Crippen MR) is 91.0 cm³/mol. The Morgan fingerprint density at radius 2 is 1.81 bits per heavy atom. The lowest BCUT2D eigenvalue weighted by Crippen LogP contribution is -2.44. The lowest BCUT2D eigenvalue weighted by atomic mass is 10.2. The van der Waals surface area contributed by atoms with E-state index < -0.39 is 16.9 Å². The van der Waals surface area contributed by atoms with Crippen molar-refractivity contribution in [3.05, 3.63) is 35.4 Å². The largest absolute Gasteiger partial charge is 0.429 e. The van der Waals surface area contributed by atoms with Crippen LogP contribution in [0.15, 0.2) is 24.3 Å². The van der Waals surface area contributed by atoms with E-state index in [0.717, 1.165) is 23.6 Å². The Labute approximate surface area is 134 Å². The fourth-order valence-electron chi connectivity index (χ4n) is 2.72. The van der Waals surface area contributed by atoms with E-state index in [-0.39, 0.29) is 5.22 Å². The van der Waals surface area contributed by atoms with E-state index in [1.807, 2.05) is 30.8 Å². The van der Waals surface area contributed by atoms with E-state index in [2.05, 4.69) is 20.0 Å². The molecule has 0 bridgehead atoms. The first kappa shape index (κ1) is 17.2. The number of hydrogen-bond donors (Lipinski definition) is 1. The summed E-state index contributed by atoms with van der Waals surface area (Å²) >= 11 is 5.79. The molecule has 0 aliphatic carbocycles. The van der Waals surface area contributed by atoms with Gasteiger partial charge in [-0.05, 0) is 43.2 Å². The van der Waals surface area contributed by atoms with E-state index in [1.165, 1.54) is 0 Å². The van der Waals surface area contributed by atoms with Gasteiger partial charge in [0.25, 0.3) is 0 Å². The van der Waals surface area contributed by atoms with Crippen LogP contribution in [-0.2, 0) is 21.3 Å². The molecule has 1 N–H and O–H groups in total. The van der Waals surface area contributed by atoms with Crippen molar-refractivity contribution in [1.82, 2.24) is 0 Å². The van der Waals surface area contributed by atoms with Crippen LogP contribution in [0.5, 0.6) is 0 Å². The highest BCUT2D eigenvalue weighted by molar-refractivity contribution is 6.86. The highest BCUT2D eigenvalue weighted by Gasteiger charge is 2.68. The summed E-state index contributed by atoms with van der Waals surface area (Å²) in [4.78, 5) is 10.3. The van der Waals surface area contributed by atoms with Crippen LogP contribution in [0.25, 0.3) is 0 Å². The summed E-state index contributed by atoms with van der Waals surface area (Å²) < 4.78 is 12.3. The molecule has 1 aromatic rings. The van der Waals surface area contributed by atoms with Gasteiger partial charge in [-0.2, -0.15) is 0 Å². The Kier molecular flexibility index (Phi) is 5.02. The number of alkyl halides is 1. The van der Waals surface area contributed by atoms with Gasteiger partial charge in [0.1, 0.15) is 0 Å². The summed E-state index contributed by atoms with van der Waals surface area (Å²) in [6.45, 7) is 8.72. The maximum Gasteiger partial charge on any atom is 0.332 e. The molecule has 6 heteroatoms. The Bertz CT molecular complexity index is 490. The third kappa shape index (κ3) is 3.97. The standard InChI is InChI=1S/C15H25ClO3Si2/c1-5-15(12-21(15,4)17)19-20(2,3)18-11-14-8-6-13(10-16)7-9-14/h6-9,17H,5,10-12H2,1-4H3/t15?,21-/m1/s1. The van der Waals surface area contributed by atoms with E-state index in [9.17, 15) is 4.80 Å². The first-order valence-electron chi connectivity index (χ1n) is 7.44. The summed E-state index contributed by atoms with van der Waals surface area (Å²) in [5.74, 6) is 0.531. The van der Waals surface area contributed by atoms with Gasteiger partial charge in [-0.3, -0.25) is 0 Å². The summed E-state index contributed by atoms with van der Waals surface area (Å²) in [5, 5.41) is -0.273. The SMILES string of the molecule is CCC1(O[Si](C)(C)OCc2ccc(CCl)cc2)C[Si@@]1(C)O. The lowest BCUT2D eigenvalue weighted by molar-refractivity contribution is 0.112. The molecule has 0 spiro atoms. The summed E-state index contributed by atoms with van der Waals surface area (Å²) in [5.41, 5.74) is 2.23. The third-order valence-corrected chi connectivity index (χ3v) is 9.93.